The van der Waals surface area contributed by atoms with Crippen molar-refractivity contribution in [3.63, 3.8) is 0 Å². The maximum absolute atomic E-state index is 11.9. The molecule has 1 aromatic carbocycles. The summed E-state index contributed by atoms with van der Waals surface area (Å²) in [6.07, 6.45) is 11.0. The summed E-state index contributed by atoms with van der Waals surface area (Å²) in [6.45, 7) is 16.4. The summed E-state index contributed by atoms with van der Waals surface area (Å²) < 4.78 is 11.9. The number of amides is 1. The average molecular weight is 405 g/mol. The first kappa shape index (κ1) is 29.0. The minimum Gasteiger partial charge on any atom is -0.356 e. The van der Waals surface area contributed by atoms with Crippen LogP contribution in [0.5, 0.6) is 0 Å². The largest absolute Gasteiger partial charge is 0.356 e. The molecular formula is C25H41FN2O. The second-order valence-corrected chi connectivity index (χ2v) is 6.25. The molecule has 0 aliphatic carbocycles. The summed E-state index contributed by atoms with van der Waals surface area (Å²) in [7, 11) is 0. The molecule has 1 heterocycles. The van der Waals surface area contributed by atoms with Gasteiger partial charge in [-0.15, -0.1) is 0 Å². The van der Waals surface area contributed by atoms with Crippen LogP contribution in [0.15, 0.2) is 66.3 Å². The second kappa shape index (κ2) is 22.1. The fraction of sp³-hybridized carbons (Fsp3) is 0.480. The van der Waals surface area contributed by atoms with Gasteiger partial charge >= 0.3 is 0 Å². The predicted octanol–water partition coefficient (Wildman–Crippen LogP) is 6.20. The van der Waals surface area contributed by atoms with E-state index in [-0.39, 0.29) is 11.7 Å². The van der Waals surface area contributed by atoms with E-state index in [9.17, 15) is 9.18 Å². The smallest absolute Gasteiger partial charge is 0.216 e. The zero-order chi connectivity index (χ0) is 22.3. The Kier molecular flexibility index (Phi) is 22.1. The molecule has 4 heteroatoms. The van der Waals surface area contributed by atoms with Crippen LogP contribution in [-0.2, 0) is 4.79 Å². The van der Waals surface area contributed by atoms with Gasteiger partial charge in [0.15, 0.2) is 0 Å². The molecule has 1 fully saturated rings. The van der Waals surface area contributed by atoms with E-state index in [1.54, 1.807) is 18.2 Å². The highest BCUT2D eigenvalue weighted by atomic mass is 19.1. The van der Waals surface area contributed by atoms with Crippen molar-refractivity contribution in [2.75, 3.05) is 19.6 Å². The lowest BCUT2D eigenvalue weighted by Crippen LogP contribution is -2.21. The van der Waals surface area contributed by atoms with E-state index in [1.807, 2.05) is 39.8 Å². The van der Waals surface area contributed by atoms with Crippen LogP contribution < -0.4 is 10.6 Å². The van der Waals surface area contributed by atoms with Gasteiger partial charge in [-0.05, 0) is 69.5 Å². The van der Waals surface area contributed by atoms with Gasteiger partial charge in [-0.25, -0.2) is 4.39 Å². The van der Waals surface area contributed by atoms with Crippen molar-refractivity contribution in [3.05, 3.63) is 72.1 Å². The maximum Gasteiger partial charge on any atom is 0.216 e. The zero-order valence-corrected chi connectivity index (χ0v) is 19.1. The number of hydrogen-bond donors (Lipinski definition) is 2. The van der Waals surface area contributed by atoms with Gasteiger partial charge in [0.05, 0.1) is 0 Å². The van der Waals surface area contributed by atoms with Gasteiger partial charge < -0.3 is 10.6 Å². The molecule has 0 aromatic heterocycles. The molecule has 0 saturated carbocycles. The van der Waals surface area contributed by atoms with Gasteiger partial charge in [0.1, 0.15) is 5.82 Å². The Morgan fingerprint density at radius 2 is 1.72 bits per heavy atom. The molecular weight excluding hydrogens is 363 g/mol. The highest BCUT2D eigenvalue weighted by Gasteiger charge is 1.97. The molecule has 1 saturated heterocycles. The fourth-order valence-corrected chi connectivity index (χ4v) is 2.33. The van der Waals surface area contributed by atoms with E-state index in [1.165, 1.54) is 57.0 Å². The van der Waals surface area contributed by atoms with E-state index in [0.29, 0.717) is 6.54 Å². The summed E-state index contributed by atoms with van der Waals surface area (Å²) in [5.74, 6) is -0.163. The molecule has 0 unspecified atom stereocenters. The number of carbonyl (C=O) groups is 1. The molecule has 164 valence electrons. The average Bonchev–Trinajstić information content (AvgIpc) is 2.76. The van der Waals surface area contributed by atoms with Gasteiger partial charge in [-0.3, -0.25) is 4.79 Å². The van der Waals surface area contributed by atoms with Gasteiger partial charge in [-0.2, -0.15) is 0 Å². The molecule has 2 N–H and O–H groups in total. The summed E-state index contributed by atoms with van der Waals surface area (Å²) >= 11 is 0. The number of hydrogen-bond acceptors (Lipinski definition) is 2. The van der Waals surface area contributed by atoms with Crippen LogP contribution >= 0.6 is 0 Å². The first-order chi connectivity index (χ1) is 14.0. The third kappa shape index (κ3) is 20.3. The number of nitrogens with one attached hydrogen (secondary N) is 2. The van der Waals surface area contributed by atoms with E-state index in [2.05, 4.69) is 23.3 Å². The molecule has 1 aliphatic rings. The van der Waals surface area contributed by atoms with Crippen molar-refractivity contribution in [2.45, 2.75) is 60.3 Å². The van der Waals surface area contributed by atoms with Crippen molar-refractivity contribution in [2.24, 2.45) is 0 Å². The molecule has 29 heavy (non-hydrogen) atoms. The molecule has 1 aromatic rings. The molecule has 0 bridgehead atoms. The number of halogens is 1. The van der Waals surface area contributed by atoms with Crippen LogP contribution in [0.4, 0.5) is 4.39 Å². The molecule has 1 amide bonds. The Morgan fingerprint density at radius 3 is 2.03 bits per heavy atom. The Hall–Kier alpha value is -2.20. The van der Waals surface area contributed by atoms with Crippen molar-refractivity contribution in [1.82, 2.24) is 10.6 Å². The van der Waals surface area contributed by atoms with Gasteiger partial charge in [0.25, 0.3) is 0 Å². The van der Waals surface area contributed by atoms with Crippen LogP contribution in [0, 0.1) is 5.82 Å². The highest BCUT2D eigenvalue weighted by Crippen LogP contribution is 2.10. The molecule has 2 rings (SSSR count). The van der Waals surface area contributed by atoms with Crippen LogP contribution in [0.1, 0.15) is 60.3 Å². The normalized spacial score (nSPS) is 13.3. The summed E-state index contributed by atoms with van der Waals surface area (Å²) in [5.41, 5.74) is 2.38. The SMILES string of the molecule is C1CCNCC1.C=C/C(C)=C(\C=C/C)CCNC(C)=O.CC.Fc1ccccc1. The third-order valence-electron chi connectivity index (χ3n) is 3.89. The van der Waals surface area contributed by atoms with E-state index in [0.717, 1.165) is 12.0 Å². The van der Waals surface area contributed by atoms with Crippen molar-refractivity contribution in [3.8, 4) is 0 Å². The molecule has 3 nitrogen and oxygen atoms in total. The predicted molar refractivity (Wildman–Crippen MR) is 125 cm³/mol. The topological polar surface area (TPSA) is 41.1 Å². The second-order valence-electron chi connectivity index (χ2n) is 6.25. The fourth-order valence-electron chi connectivity index (χ4n) is 2.33. The number of allylic oxidation sites excluding steroid dienone is 4. The minimum atomic E-state index is -0.178. The van der Waals surface area contributed by atoms with Gasteiger partial charge in [0, 0.05) is 13.5 Å². The molecule has 0 atom stereocenters. The standard InChI is InChI=1S/C12H19NO.C6H5F.C5H11N.C2H6/c1-5-7-12(10(3)6-2)8-9-13-11(4)14;7-6-4-2-1-3-5-6;1-2-4-6-5-3-1;1-2/h5-7H,2,8-9H2,1,3-4H3,(H,13,14);1-5H;6H,1-5H2;1-2H3/b7-5-,12-10+;;;. The van der Waals surface area contributed by atoms with Crippen molar-refractivity contribution < 1.29 is 9.18 Å². The highest BCUT2D eigenvalue weighted by molar-refractivity contribution is 5.72. The van der Waals surface area contributed by atoms with Crippen LogP contribution in [-0.4, -0.2) is 25.5 Å². The van der Waals surface area contributed by atoms with Crippen molar-refractivity contribution in [1.29, 1.82) is 0 Å². The van der Waals surface area contributed by atoms with E-state index in [4.69, 9.17) is 0 Å². The van der Waals surface area contributed by atoms with Gasteiger partial charge in [0.2, 0.25) is 5.91 Å². The summed E-state index contributed by atoms with van der Waals surface area (Å²) in [4.78, 5) is 10.7. The Morgan fingerprint density at radius 1 is 1.14 bits per heavy atom. The summed E-state index contributed by atoms with van der Waals surface area (Å²) in [6, 6.07) is 7.94. The number of carbonyl (C=O) groups excluding carboxylic acids is 1. The Bertz CT molecular complexity index is 564. The lowest BCUT2D eigenvalue weighted by Gasteiger charge is -2.08. The van der Waals surface area contributed by atoms with Crippen LogP contribution in [0.2, 0.25) is 0 Å². The third-order valence-corrected chi connectivity index (χ3v) is 3.89. The first-order valence-electron chi connectivity index (χ1n) is 10.6. The Balaban J connectivity index is 0. The molecule has 0 radical (unpaired) electrons. The van der Waals surface area contributed by atoms with Gasteiger partial charge in [-0.1, -0.05) is 63.3 Å². The minimum absolute atomic E-state index is 0.0149. The zero-order valence-electron chi connectivity index (χ0n) is 19.1. The number of benzene rings is 1. The van der Waals surface area contributed by atoms with Crippen LogP contribution in [0.3, 0.4) is 0 Å². The molecule has 1 aliphatic heterocycles. The van der Waals surface area contributed by atoms with E-state index >= 15 is 0 Å². The monoisotopic (exact) mass is 404 g/mol. The quantitative estimate of drug-likeness (QED) is 0.573. The Labute approximate surface area is 178 Å². The molecule has 0 spiro atoms. The van der Waals surface area contributed by atoms with E-state index < -0.39 is 0 Å². The lowest BCUT2D eigenvalue weighted by atomic mass is 10.1. The van der Waals surface area contributed by atoms with Crippen molar-refractivity contribution >= 4 is 5.91 Å². The lowest BCUT2D eigenvalue weighted by molar-refractivity contribution is -0.118. The summed E-state index contributed by atoms with van der Waals surface area (Å²) in [5, 5.41) is 6.06. The first-order valence-corrected chi connectivity index (χ1v) is 10.6. The maximum atomic E-state index is 11.9. The van der Waals surface area contributed by atoms with Crippen LogP contribution in [0.25, 0.3) is 0 Å². The number of piperidine rings is 1. The number of rotatable bonds is 5.